The second-order valence-corrected chi connectivity index (χ2v) is 5.14. The fourth-order valence-corrected chi connectivity index (χ4v) is 2.11. The maximum absolute atomic E-state index is 12.4. The quantitative estimate of drug-likeness (QED) is 0.683. The monoisotopic (exact) mass is 314 g/mol. The van der Waals surface area contributed by atoms with E-state index in [1.807, 2.05) is 0 Å². The second kappa shape index (κ2) is 5.68. The maximum atomic E-state index is 12.4. The maximum Gasteiger partial charge on any atom is 0.339 e. The Morgan fingerprint density at radius 1 is 1.35 bits per heavy atom. The molecule has 0 spiro atoms. The summed E-state index contributed by atoms with van der Waals surface area (Å²) in [6.07, 6.45) is 0.667. The Morgan fingerprint density at radius 2 is 2.13 bits per heavy atom. The minimum atomic E-state index is -0.835. The molecular weight excluding hydrogens is 300 g/mol. The highest BCUT2D eigenvalue weighted by Crippen LogP contribution is 2.28. The summed E-state index contributed by atoms with van der Waals surface area (Å²) < 4.78 is 15.6. The predicted molar refractivity (Wildman–Crippen MR) is 79.8 cm³/mol. The normalized spacial score (nSPS) is 12.3. The molecule has 0 aliphatic rings. The molecule has 3 heterocycles. The number of Topliss-reactive ketones (excluding diaryl/α,β-unsaturated/α-hetero) is 1. The molecule has 0 aromatic carbocycles. The van der Waals surface area contributed by atoms with Crippen molar-refractivity contribution in [3.63, 3.8) is 0 Å². The first-order valence-electron chi connectivity index (χ1n) is 6.99. The first-order chi connectivity index (χ1) is 11.0. The number of aryl methyl sites for hydroxylation is 1. The van der Waals surface area contributed by atoms with E-state index in [1.165, 1.54) is 20.1 Å². The summed E-state index contributed by atoms with van der Waals surface area (Å²) in [5.74, 6) is -0.397. The van der Waals surface area contributed by atoms with Gasteiger partial charge in [-0.15, -0.1) is 0 Å². The molecule has 0 fully saturated rings. The number of carbonyl (C=O) groups excluding carboxylic acids is 2. The molecule has 118 valence electrons. The van der Waals surface area contributed by atoms with Crippen molar-refractivity contribution in [3.05, 3.63) is 35.7 Å². The average molecular weight is 314 g/mol. The summed E-state index contributed by atoms with van der Waals surface area (Å²) in [6.45, 7) is 4.58. The van der Waals surface area contributed by atoms with Crippen molar-refractivity contribution in [3.8, 4) is 11.5 Å². The SMILES string of the molecule is CC(=O)[C@@H](C)OC(=O)c1cc(-c2ccco2)nc2onc(C)c12. The predicted octanol–water partition coefficient (Wildman–Crippen LogP) is 2.93. The Hall–Kier alpha value is -2.96. The van der Waals surface area contributed by atoms with Crippen LogP contribution in [-0.4, -0.2) is 28.0 Å². The number of hydrogen-bond donors (Lipinski definition) is 0. The molecule has 3 rings (SSSR count). The number of esters is 1. The zero-order valence-corrected chi connectivity index (χ0v) is 12.8. The molecule has 0 N–H and O–H groups in total. The Labute approximate surface area is 131 Å². The van der Waals surface area contributed by atoms with Crippen LogP contribution in [0.3, 0.4) is 0 Å². The van der Waals surface area contributed by atoms with Crippen LogP contribution < -0.4 is 0 Å². The molecule has 0 aliphatic carbocycles. The molecule has 7 heteroatoms. The van der Waals surface area contributed by atoms with E-state index in [2.05, 4.69) is 10.1 Å². The number of rotatable bonds is 4. The third kappa shape index (κ3) is 2.73. The lowest BCUT2D eigenvalue weighted by Crippen LogP contribution is -2.22. The van der Waals surface area contributed by atoms with Gasteiger partial charge in [-0.3, -0.25) is 4.79 Å². The van der Waals surface area contributed by atoms with Crippen molar-refractivity contribution >= 4 is 22.9 Å². The molecule has 0 aliphatic heterocycles. The van der Waals surface area contributed by atoms with Crippen molar-refractivity contribution in [2.75, 3.05) is 0 Å². The van der Waals surface area contributed by atoms with Gasteiger partial charge in [-0.1, -0.05) is 5.16 Å². The minimum absolute atomic E-state index is 0.207. The Kier molecular flexibility index (Phi) is 3.69. The summed E-state index contributed by atoms with van der Waals surface area (Å²) >= 11 is 0. The number of fused-ring (bicyclic) bond motifs is 1. The van der Waals surface area contributed by atoms with Gasteiger partial charge in [0.25, 0.3) is 5.71 Å². The highest BCUT2D eigenvalue weighted by molar-refractivity contribution is 6.04. The van der Waals surface area contributed by atoms with Gasteiger partial charge in [0.05, 0.1) is 22.9 Å². The lowest BCUT2D eigenvalue weighted by atomic mass is 10.1. The third-order valence-electron chi connectivity index (χ3n) is 3.47. The van der Waals surface area contributed by atoms with Crippen LogP contribution in [-0.2, 0) is 9.53 Å². The summed E-state index contributed by atoms with van der Waals surface area (Å²) in [7, 11) is 0. The lowest BCUT2D eigenvalue weighted by molar-refractivity contribution is -0.124. The van der Waals surface area contributed by atoms with Crippen LogP contribution in [0.1, 0.15) is 29.9 Å². The van der Waals surface area contributed by atoms with Crippen molar-refractivity contribution < 1.29 is 23.3 Å². The Morgan fingerprint density at radius 3 is 2.78 bits per heavy atom. The fraction of sp³-hybridized carbons (Fsp3) is 0.250. The van der Waals surface area contributed by atoms with Crippen LogP contribution in [0, 0.1) is 6.92 Å². The molecule has 1 atom stereocenters. The van der Waals surface area contributed by atoms with Gasteiger partial charge in [-0.05, 0) is 39.0 Å². The van der Waals surface area contributed by atoms with Gasteiger partial charge in [0.2, 0.25) is 0 Å². The molecule has 0 saturated carbocycles. The summed E-state index contributed by atoms with van der Waals surface area (Å²) in [6, 6.07) is 4.97. The van der Waals surface area contributed by atoms with E-state index < -0.39 is 12.1 Å². The zero-order valence-electron chi connectivity index (χ0n) is 12.8. The Balaban J connectivity index is 2.12. The molecule has 7 nitrogen and oxygen atoms in total. The molecule has 0 bridgehead atoms. The molecule has 0 amide bonds. The summed E-state index contributed by atoms with van der Waals surface area (Å²) in [5, 5.41) is 4.29. The standard InChI is InChI=1S/C16H14N2O5/c1-8-14-11(16(20)22-10(3)9(2)19)7-12(13-5-4-6-21-13)17-15(14)23-18-8/h4-7,10H,1-3H3/t10-/m1/s1. The van der Waals surface area contributed by atoms with E-state index in [9.17, 15) is 9.59 Å². The van der Waals surface area contributed by atoms with E-state index in [4.69, 9.17) is 13.7 Å². The van der Waals surface area contributed by atoms with Crippen molar-refractivity contribution in [1.82, 2.24) is 10.1 Å². The average Bonchev–Trinajstić information content (AvgIpc) is 3.16. The third-order valence-corrected chi connectivity index (χ3v) is 3.47. The van der Waals surface area contributed by atoms with E-state index in [-0.39, 0.29) is 17.1 Å². The first-order valence-corrected chi connectivity index (χ1v) is 6.99. The number of ether oxygens (including phenoxy) is 1. The van der Waals surface area contributed by atoms with Gasteiger partial charge < -0.3 is 13.7 Å². The Bertz CT molecular complexity index is 879. The molecule has 3 aromatic rings. The number of hydrogen-bond acceptors (Lipinski definition) is 7. The van der Waals surface area contributed by atoms with E-state index >= 15 is 0 Å². The van der Waals surface area contributed by atoms with Crippen LogP contribution in [0.2, 0.25) is 0 Å². The van der Waals surface area contributed by atoms with Gasteiger partial charge in [0.15, 0.2) is 17.6 Å². The van der Waals surface area contributed by atoms with Crippen LogP contribution in [0.5, 0.6) is 0 Å². The second-order valence-electron chi connectivity index (χ2n) is 5.14. The van der Waals surface area contributed by atoms with Crippen LogP contribution in [0.4, 0.5) is 0 Å². The molecule has 0 radical (unpaired) electrons. The van der Waals surface area contributed by atoms with Gasteiger partial charge in [-0.2, -0.15) is 0 Å². The molecule has 0 saturated heterocycles. The van der Waals surface area contributed by atoms with Gasteiger partial charge in [0.1, 0.15) is 5.69 Å². The number of carbonyl (C=O) groups is 2. The highest BCUT2D eigenvalue weighted by Gasteiger charge is 2.23. The van der Waals surface area contributed by atoms with Gasteiger partial charge in [-0.25, -0.2) is 9.78 Å². The summed E-state index contributed by atoms with van der Waals surface area (Å²) in [5.41, 5.74) is 1.37. The summed E-state index contributed by atoms with van der Waals surface area (Å²) in [4.78, 5) is 28.1. The topological polar surface area (TPSA) is 95.4 Å². The van der Waals surface area contributed by atoms with Crippen molar-refractivity contribution in [2.45, 2.75) is 26.9 Å². The largest absolute Gasteiger partial charge is 0.463 e. The molecular formula is C16H14N2O5. The number of pyridine rings is 1. The van der Waals surface area contributed by atoms with Gasteiger partial charge >= 0.3 is 5.97 Å². The van der Waals surface area contributed by atoms with Gasteiger partial charge in [0, 0.05) is 0 Å². The molecule has 23 heavy (non-hydrogen) atoms. The minimum Gasteiger partial charge on any atom is -0.463 e. The molecule has 3 aromatic heterocycles. The van der Waals surface area contributed by atoms with Crippen molar-refractivity contribution in [2.24, 2.45) is 0 Å². The smallest absolute Gasteiger partial charge is 0.339 e. The first kappa shape index (κ1) is 15.0. The van der Waals surface area contributed by atoms with E-state index in [1.54, 1.807) is 25.1 Å². The number of ketones is 1. The van der Waals surface area contributed by atoms with Crippen LogP contribution in [0.15, 0.2) is 33.4 Å². The van der Waals surface area contributed by atoms with Crippen LogP contribution in [0.25, 0.3) is 22.6 Å². The fourth-order valence-electron chi connectivity index (χ4n) is 2.11. The van der Waals surface area contributed by atoms with E-state index in [0.29, 0.717) is 22.5 Å². The van der Waals surface area contributed by atoms with Crippen LogP contribution >= 0.6 is 0 Å². The molecule has 0 unspecified atom stereocenters. The number of aromatic nitrogens is 2. The highest BCUT2D eigenvalue weighted by atomic mass is 16.5. The number of nitrogens with zero attached hydrogens (tertiary/aromatic N) is 2. The van der Waals surface area contributed by atoms with Crippen molar-refractivity contribution in [1.29, 1.82) is 0 Å². The lowest BCUT2D eigenvalue weighted by Gasteiger charge is -2.11. The number of furan rings is 1. The zero-order chi connectivity index (χ0) is 16.6. The van der Waals surface area contributed by atoms with E-state index in [0.717, 1.165) is 0 Å².